The second-order valence-corrected chi connectivity index (χ2v) is 6.75. The maximum Gasteiger partial charge on any atom is 0.177 e. The number of methoxy groups -OCH3 is 1. The third-order valence-electron chi connectivity index (χ3n) is 3.88. The molecule has 5 heteroatoms. The van der Waals surface area contributed by atoms with Gasteiger partial charge in [0.2, 0.25) is 0 Å². The van der Waals surface area contributed by atoms with Crippen LogP contribution in [0.4, 0.5) is 5.69 Å². The fraction of sp³-hybridized carbons (Fsp3) is 0.588. The average molecular weight is 326 g/mol. The Morgan fingerprint density at radius 1 is 1.32 bits per heavy atom. The summed E-state index contributed by atoms with van der Waals surface area (Å²) in [7, 11) is 1.68. The Morgan fingerprint density at radius 2 is 1.95 bits per heavy atom. The van der Waals surface area contributed by atoms with Crippen LogP contribution in [0, 0.1) is 0 Å². The predicted octanol–water partition coefficient (Wildman–Crippen LogP) is 3.25. The molecule has 0 atom stereocenters. The largest absolute Gasteiger partial charge is 0.494 e. The molecule has 0 unspecified atom stereocenters. The topological polar surface area (TPSA) is 38.8 Å². The molecule has 1 aliphatic heterocycles. The highest BCUT2D eigenvalue weighted by molar-refractivity contribution is 6.30. The van der Waals surface area contributed by atoms with Crippen LogP contribution in [0.3, 0.4) is 0 Å². The summed E-state index contributed by atoms with van der Waals surface area (Å²) >= 11 is 5.75. The molecule has 0 bridgehead atoms. The number of ether oxygens (including phenoxy) is 2. The van der Waals surface area contributed by atoms with Gasteiger partial charge in [0, 0.05) is 24.2 Å². The van der Waals surface area contributed by atoms with Crippen LogP contribution in [0.2, 0.25) is 0 Å². The summed E-state index contributed by atoms with van der Waals surface area (Å²) in [5.74, 6) is 0.753. The van der Waals surface area contributed by atoms with Gasteiger partial charge in [-0.05, 0) is 17.5 Å². The van der Waals surface area contributed by atoms with E-state index in [1.165, 1.54) is 0 Å². The molecule has 1 aliphatic rings. The molecule has 0 spiro atoms. The first-order valence-electron chi connectivity index (χ1n) is 7.53. The Morgan fingerprint density at radius 3 is 2.45 bits per heavy atom. The van der Waals surface area contributed by atoms with Crippen molar-refractivity contribution in [3.63, 3.8) is 0 Å². The third-order valence-corrected chi connectivity index (χ3v) is 4.12. The Hall–Kier alpha value is -1.26. The molecule has 1 aromatic rings. The second-order valence-electron chi connectivity index (χ2n) is 6.48. The molecule has 1 saturated heterocycles. The number of rotatable bonds is 4. The smallest absolute Gasteiger partial charge is 0.177 e. The molecule has 4 nitrogen and oxygen atoms in total. The van der Waals surface area contributed by atoms with Crippen molar-refractivity contribution >= 4 is 23.1 Å². The number of carbonyl (C=O) groups is 1. The van der Waals surface area contributed by atoms with E-state index in [2.05, 4.69) is 25.7 Å². The summed E-state index contributed by atoms with van der Waals surface area (Å²) < 4.78 is 11.1. The summed E-state index contributed by atoms with van der Waals surface area (Å²) in [5, 5.41) is 0. The molecule has 0 amide bonds. The van der Waals surface area contributed by atoms with Gasteiger partial charge >= 0.3 is 0 Å². The highest BCUT2D eigenvalue weighted by atomic mass is 35.5. The van der Waals surface area contributed by atoms with Crippen LogP contribution in [0.25, 0.3) is 0 Å². The van der Waals surface area contributed by atoms with Crippen molar-refractivity contribution in [1.82, 2.24) is 0 Å². The van der Waals surface area contributed by atoms with Gasteiger partial charge in [-0.25, -0.2) is 0 Å². The molecule has 122 valence electrons. The molecule has 0 aromatic heterocycles. The first-order chi connectivity index (χ1) is 10.4. The number of ketones is 1. The van der Waals surface area contributed by atoms with Gasteiger partial charge in [0.15, 0.2) is 5.78 Å². The highest BCUT2D eigenvalue weighted by Gasteiger charge is 2.26. The van der Waals surface area contributed by atoms with Gasteiger partial charge in [-0.3, -0.25) is 4.79 Å². The van der Waals surface area contributed by atoms with Crippen LogP contribution in [-0.4, -0.2) is 45.1 Å². The molecule has 22 heavy (non-hydrogen) atoms. The maximum absolute atomic E-state index is 12.1. The van der Waals surface area contributed by atoms with E-state index in [1.807, 2.05) is 12.1 Å². The minimum Gasteiger partial charge on any atom is -0.494 e. The fourth-order valence-electron chi connectivity index (χ4n) is 2.66. The summed E-state index contributed by atoms with van der Waals surface area (Å²) in [6, 6.07) is 3.80. The van der Waals surface area contributed by atoms with Crippen molar-refractivity contribution in [1.29, 1.82) is 0 Å². The number of hydrogen-bond acceptors (Lipinski definition) is 4. The summed E-state index contributed by atoms with van der Waals surface area (Å²) in [5.41, 5.74) is 2.48. The summed E-state index contributed by atoms with van der Waals surface area (Å²) in [6.07, 6.45) is 0. The van der Waals surface area contributed by atoms with Gasteiger partial charge in [-0.15, -0.1) is 11.6 Å². The van der Waals surface area contributed by atoms with Crippen molar-refractivity contribution in [3.8, 4) is 5.75 Å². The third kappa shape index (κ3) is 3.55. The lowest BCUT2D eigenvalue weighted by molar-refractivity contribution is 0.102. The van der Waals surface area contributed by atoms with Crippen molar-refractivity contribution in [3.05, 3.63) is 23.3 Å². The van der Waals surface area contributed by atoms with E-state index in [4.69, 9.17) is 21.1 Å². The highest BCUT2D eigenvalue weighted by Crippen LogP contribution is 2.40. The van der Waals surface area contributed by atoms with E-state index < -0.39 is 0 Å². The number of alkyl halides is 1. The van der Waals surface area contributed by atoms with E-state index in [-0.39, 0.29) is 17.1 Å². The quantitative estimate of drug-likeness (QED) is 0.629. The number of morpholine rings is 1. The van der Waals surface area contributed by atoms with E-state index in [0.717, 1.165) is 30.1 Å². The maximum atomic E-state index is 12.1. The van der Waals surface area contributed by atoms with Crippen molar-refractivity contribution in [2.24, 2.45) is 0 Å². The minimum atomic E-state index is -0.130. The van der Waals surface area contributed by atoms with E-state index in [9.17, 15) is 4.79 Å². The monoisotopic (exact) mass is 325 g/mol. The number of nitrogens with zero attached hydrogens (tertiary/aromatic N) is 1. The SMILES string of the molecule is COc1c(N2CCOCC2)cc(C(=O)CCl)cc1C(C)(C)C. The van der Waals surface area contributed by atoms with E-state index >= 15 is 0 Å². The Labute approximate surface area is 137 Å². The van der Waals surface area contributed by atoms with Gasteiger partial charge in [0.25, 0.3) is 0 Å². The minimum absolute atomic E-state index is 0.0154. The number of carbonyl (C=O) groups excluding carboxylic acids is 1. The average Bonchev–Trinajstić information content (AvgIpc) is 2.52. The standard InChI is InChI=1S/C17H24ClNO3/c1-17(2,3)13-9-12(15(20)11-18)10-14(16(13)21-4)19-5-7-22-8-6-19/h9-10H,5-8,11H2,1-4H3. The van der Waals surface area contributed by atoms with Crippen molar-refractivity contribution < 1.29 is 14.3 Å². The van der Waals surface area contributed by atoms with Gasteiger partial charge < -0.3 is 14.4 Å². The predicted molar refractivity (Wildman–Crippen MR) is 89.8 cm³/mol. The van der Waals surface area contributed by atoms with E-state index in [1.54, 1.807) is 7.11 Å². The van der Waals surface area contributed by atoms with Crippen LogP contribution >= 0.6 is 11.6 Å². The van der Waals surface area contributed by atoms with E-state index in [0.29, 0.717) is 18.8 Å². The lowest BCUT2D eigenvalue weighted by atomic mass is 9.84. The number of halogens is 1. The Kier molecular flexibility index (Phi) is 5.35. The zero-order valence-corrected chi connectivity index (χ0v) is 14.5. The molecular weight excluding hydrogens is 302 g/mol. The lowest BCUT2D eigenvalue weighted by Crippen LogP contribution is -2.37. The molecular formula is C17H24ClNO3. The Bertz CT molecular complexity index is 546. The molecule has 0 saturated carbocycles. The zero-order valence-electron chi connectivity index (χ0n) is 13.7. The first-order valence-corrected chi connectivity index (χ1v) is 8.06. The molecule has 1 fully saturated rings. The molecule has 0 radical (unpaired) electrons. The first kappa shape index (κ1) is 17.1. The van der Waals surface area contributed by atoms with Crippen LogP contribution in [0.15, 0.2) is 12.1 Å². The number of hydrogen-bond donors (Lipinski definition) is 0. The number of benzene rings is 1. The van der Waals surface area contributed by atoms with Gasteiger partial charge in [-0.2, -0.15) is 0 Å². The molecule has 2 rings (SSSR count). The van der Waals surface area contributed by atoms with Gasteiger partial charge in [-0.1, -0.05) is 20.8 Å². The molecule has 0 aliphatic carbocycles. The van der Waals surface area contributed by atoms with Crippen LogP contribution in [0.5, 0.6) is 5.75 Å². The zero-order chi connectivity index (χ0) is 16.3. The molecule has 1 aromatic carbocycles. The Balaban J connectivity index is 2.60. The normalized spacial score (nSPS) is 15.8. The summed E-state index contributed by atoms with van der Waals surface area (Å²) in [6.45, 7) is 9.29. The van der Waals surface area contributed by atoms with Crippen molar-refractivity contribution in [2.75, 3.05) is 44.2 Å². The van der Waals surface area contributed by atoms with Crippen molar-refractivity contribution in [2.45, 2.75) is 26.2 Å². The number of Topliss-reactive ketones (excluding diaryl/α,β-unsaturated/α-hetero) is 1. The fourth-order valence-corrected chi connectivity index (χ4v) is 2.82. The van der Waals surface area contributed by atoms with Crippen LogP contribution in [-0.2, 0) is 10.2 Å². The van der Waals surface area contributed by atoms with Gasteiger partial charge in [0.05, 0.1) is 31.9 Å². The molecule has 0 N–H and O–H groups in total. The lowest BCUT2D eigenvalue weighted by Gasteiger charge is -2.33. The number of anilines is 1. The second kappa shape index (κ2) is 6.88. The van der Waals surface area contributed by atoms with Crippen LogP contribution < -0.4 is 9.64 Å². The van der Waals surface area contributed by atoms with Crippen LogP contribution in [0.1, 0.15) is 36.7 Å². The summed E-state index contributed by atoms with van der Waals surface area (Å²) in [4.78, 5) is 14.3. The van der Waals surface area contributed by atoms with Gasteiger partial charge in [0.1, 0.15) is 5.75 Å². The molecule has 1 heterocycles.